The second-order valence-electron chi connectivity index (χ2n) is 3.97. The van der Waals surface area contributed by atoms with Crippen molar-refractivity contribution < 1.29 is 4.79 Å². The first-order valence-electron chi connectivity index (χ1n) is 5.68. The first kappa shape index (κ1) is 11.0. The molecule has 0 atom stereocenters. The molecule has 0 radical (unpaired) electrons. The Morgan fingerprint density at radius 3 is 2.44 bits per heavy atom. The lowest BCUT2D eigenvalue weighted by molar-refractivity contribution is 0.102. The van der Waals surface area contributed by atoms with Gasteiger partial charge >= 0.3 is 0 Å². The lowest BCUT2D eigenvalue weighted by Gasteiger charge is -2.01. The Morgan fingerprint density at radius 1 is 0.944 bits per heavy atom. The molecule has 1 heterocycles. The number of carbonyl (C=O) groups is 1. The minimum absolute atomic E-state index is 0.0674. The number of hydrogen-bond donors (Lipinski definition) is 1. The number of amides is 1. The topological polar surface area (TPSA) is 29.1 Å². The summed E-state index contributed by atoms with van der Waals surface area (Å²) in [5, 5.41) is 4.97. The molecule has 3 heteroatoms. The fraction of sp³-hybridized carbons (Fsp3) is 0. The van der Waals surface area contributed by atoms with Crippen LogP contribution in [-0.4, -0.2) is 5.91 Å². The molecule has 0 aliphatic carbocycles. The highest BCUT2D eigenvalue weighted by atomic mass is 32.1. The van der Waals surface area contributed by atoms with Gasteiger partial charge in [0.1, 0.15) is 0 Å². The Labute approximate surface area is 109 Å². The van der Waals surface area contributed by atoms with Gasteiger partial charge in [0.25, 0.3) is 5.91 Å². The van der Waals surface area contributed by atoms with Gasteiger partial charge in [0.15, 0.2) is 0 Å². The third-order valence-electron chi connectivity index (χ3n) is 2.70. The predicted octanol–water partition coefficient (Wildman–Crippen LogP) is 4.15. The molecule has 1 N–H and O–H groups in total. The van der Waals surface area contributed by atoms with E-state index in [4.69, 9.17) is 0 Å². The molecule has 2 nitrogen and oxygen atoms in total. The van der Waals surface area contributed by atoms with Crippen LogP contribution in [0.5, 0.6) is 0 Å². The van der Waals surface area contributed by atoms with Gasteiger partial charge in [-0.25, -0.2) is 0 Å². The lowest BCUT2D eigenvalue weighted by Crippen LogP contribution is -2.10. The summed E-state index contributed by atoms with van der Waals surface area (Å²) < 4.78 is 1.18. The summed E-state index contributed by atoms with van der Waals surface area (Å²) in [5.74, 6) is -0.0674. The smallest absolute Gasteiger partial charge is 0.256 e. The van der Waals surface area contributed by atoms with Crippen molar-refractivity contribution in [3.63, 3.8) is 0 Å². The highest BCUT2D eigenvalue weighted by Gasteiger charge is 2.07. The first-order valence-corrected chi connectivity index (χ1v) is 6.49. The maximum atomic E-state index is 12.0. The molecular weight excluding hydrogens is 242 g/mol. The number of rotatable bonds is 2. The zero-order chi connectivity index (χ0) is 12.4. The number of thiophene rings is 1. The maximum Gasteiger partial charge on any atom is 0.256 e. The minimum Gasteiger partial charge on any atom is -0.314 e. The van der Waals surface area contributed by atoms with Gasteiger partial charge in [0.05, 0.1) is 5.00 Å². The standard InChI is InChI=1S/C15H11NOS/c17-15(11-6-2-1-3-7-11)16-14-10-12-8-4-5-9-13(12)18-14/h1-10H,(H,16,17). The Morgan fingerprint density at radius 2 is 1.67 bits per heavy atom. The third-order valence-corrected chi connectivity index (χ3v) is 3.73. The van der Waals surface area contributed by atoms with E-state index in [1.165, 1.54) is 4.70 Å². The fourth-order valence-corrected chi connectivity index (χ4v) is 2.78. The Balaban J connectivity index is 1.86. The molecule has 0 bridgehead atoms. The van der Waals surface area contributed by atoms with Crippen LogP contribution in [0.1, 0.15) is 10.4 Å². The zero-order valence-electron chi connectivity index (χ0n) is 9.59. The largest absolute Gasteiger partial charge is 0.314 e. The number of anilines is 1. The van der Waals surface area contributed by atoms with Gasteiger partial charge in [-0.3, -0.25) is 4.79 Å². The van der Waals surface area contributed by atoms with Crippen LogP contribution in [0.2, 0.25) is 0 Å². The van der Waals surface area contributed by atoms with E-state index in [0.717, 1.165) is 10.4 Å². The van der Waals surface area contributed by atoms with Crippen molar-refractivity contribution in [2.45, 2.75) is 0 Å². The summed E-state index contributed by atoms with van der Waals surface area (Å²) in [6, 6.07) is 19.3. The van der Waals surface area contributed by atoms with Crippen LogP contribution in [0.3, 0.4) is 0 Å². The molecule has 1 aromatic heterocycles. The normalized spacial score (nSPS) is 10.4. The fourth-order valence-electron chi connectivity index (χ4n) is 1.82. The van der Waals surface area contributed by atoms with Crippen molar-refractivity contribution in [2.24, 2.45) is 0 Å². The molecule has 0 aliphatic rings. The van der Waals surface area contributed by atoms with Crippen molar-refractivity contribution in [3.8, 4) is 0 Å². The highest BCUT2D eigenvalue weighted by Crippen LogP contribution is 2.29. The highest BCUT2D eigenvalue weighted by molar-refractivity contribution is 7.23. The summed E-state index contributed by atoms with van der Waals surface area (Å²) in [4.78, 5) is 12.0. The monoisotopic (exact) mass is 253 g/mol. The number of benzene rings is 2. The van der Waals surface area contributed by atoms with Crippen molar-refractivity contribution in [2.75, 3.05) is 5.32 Å². The molecule has 3 rings (SSSR count). The van der Waals surface area contributed by atoms with E-state index in [1.54, 1.807) is 11.3 Å². The van der Waals surface area contributed by atoms with Crippen molar-refractivity contribution in [1.29, 1.82) is 0 Å². The molecular formula is C15H11NOS. The van der Waals surface area contributed by atoms with E-state index in [-0.39, 0.29) is 5.91 Å². The molecule has 0 unspecified atom stereocenters. The SMILES string of the molecule is O=C(Nc1cc2ccccc2s1)c1ccccc1. The number of nitrogens with one attached hydrogen (secondary N) is 1. The second-order valence-corrected chi connectivity index (χ2v) is 5.05. The molecule has 0 spiro atoms. The van der Waals surface area contributed by atoms with Crippen molar-refractivity contribution >= 4 is 32.3 Å². The zero-order valence-corrected chi connectivity index (χ0v) is 10.4. The first-order chi connectivity index (χ1) is 8.83. The average molecular weight is 253 g/mol. The van der Waals surface area contributed by atoms with Gasteiger partial charge in [0, 0.05) is 10.3 Å². The summed E-state index contributed by atoms with van der Waals surface area (Å²) in [5.41, 5.74) is 0.676. The van der Waals surface area contributed by atoms with E-state index in [0.29, 0.717) is 5.56 Å². The van der Waals surface area contributed by atoms with Gasteiger partial charge < -0.3 is 5.32 Å². The summed E-state index contributed by atoms with van der Waals surface area (Å²) in [7, 11) is 0. The van der Waals surface area contributed by atoms with Crippen LogP contribution in [0.25, 0.3) is 10.1 Å². The molecule has 0 aliphatic heterocycles. The van der Waals surface area contributed by atoms with Gasteiger partial charge in [-0.1, -0.05) is 36.4 Å². The molecule has 0 saturated heterocycles. The molecule has 3 aromatic rings. The van der Waals surface area contributed by atoms with Gasteiger partial charge in [-0.2, -0.15) is 0 Å². The lowest BCUT2D eigenvalue weighted by atomic mass is 10.2. The van der Waals surface area contributed by atoms with Crippen LogP contribution in [0.4, 0.5) is 5.00 Å². The van der Waals surface area contributed by atoms with Crippen LogP contribution in [-0.2, 0) is 0 Å². The number of fused-ring (bicyclic) bond motifs is 1. The molecule has 1 amide bonds. The molecule has 88 valence electrons. The molecule has 0 saturated carbocycles. The Kier molecular flexibility index (Phi) is 2.82. The summed E-state index contributed by atoms with van der Waals surface area (Å²) >= 11 is 1.59. The van der Waals surface area contributed by atoms with Gasteiger partial charge in [-0.05, 0) is 29.7 Å². The third kappa shape index (κ3) is 2.13. The number of hydrogen-bond acceptors (Lipinski definition) is 2. The predicted molar refractivity (Wildman–Crippen MR) is 76.2 cm³/mol. The maximum absolute atomic E-state index is 12.0. The second kappa shape index (κ2) is 4.63. The van der Waals surface area contributed by atoms with Crippen molar-refractivity contribution in [3.05, 3.63) is 66.2 Å². The molecule has 0 fully saturated rings. The quantitative estimate of drug-likeness (QED) is 0.730. The molecule has 2 aromatic carbocycles. The van der Waals surface area contributed by atoms with Crippen LogP contribution >= 0.6 is 11.3 Å². The minimum atomic E-state index is -0.0674. The molecule has 18 heavy (non-hydrogen) atoms. The summed E-state index contributed by atoms with van der Waals surface area (Å²) in [6.45, 7) is 0. The van der Waals surface area contributed by atoms with E-state index < -0.39 is 0 Å². The van der Waals surface area contributed by atoms with E-state index in [9.17, 15) is 4.79 Å². The van der Waals surface area contributed by atoms with Crippen LogP contribution in [0.15, 0.2) is 60.7 Å². The van der Waals surface area contributed by atoms with Gasteiger partial charge in [-0.15, -0.1) is 11.3 Å². The van der Waals surface area contributed by atoms with E-state index in [1.807, 2.05) is 54.6 Å². The van der Waals surface area contributed by atoms with E-state index >= 15 is 0 Å². The Bertz CT molecular complexity index is 655. The van der Waals surface area contributed by atoms with Crippen LogP contribution < -0.4 is 5.32 Å². The number of carbonyl (C=O) groups excluding carboxylic acids is 1. The van der Waals surface area contributed by atoms with E-state index in [2.05, 4.69) is 11.4 Å². The summed E-state index contributed by atoms with van der Waals surface area (Å²) in [6.07, 6.45) is 0. The average Bonchev–Trinajstić information content (AvgIpc) is 2.82. The van der Waals surface area contributed by atoms with Crippen molar-refractivity contribution in [1.82, 2.24) is 0 Å². The van der Waals surface area contributed by atoms with Gasteiger partial charge in [0.2, 0.25) is 0 Å². The van der Waals surface area contributed by atoms with Crippen LogP contribution in [0, 0.1) is 0 Å². The Hall–Kier alpha value is -2.13.